The molecule has 3 heteroatoms. The molecule has 0 amide bonds. The smallest absolute Gasteiger partial charge is 0.124 e. The van der Waals surface area contributed by atoms with Crippen LogP contribution in [0.3, 0.4) is 0 Å². The Hall–Kier alpha value is -1.76. The van der Waals surface area contributed by atoms with Crippen molar-refractivity contribution < 1.29 is 9.50 Å². The zero-order valence-electron chi connectivity index (χ0n) is 10.3. The molecule has 96 valence electrons. The standard InChI is InChI=1S/C16H13FOS/c17-15-8-3-9-16(11-15)19-12-14-6-2-1-5-13(14)7-4-10-18/h1-3,5-6,8-9,11,18H,10,12H2. The summed E-state index contributed by atoms with van der Waals surface area (Å²) in [5.41, 5.74) is 1.98. The van der Waals surface area contributed by atoms with E-state index in [2.05, 4.69) is 11.8 Å². The molecule has 0 fully saturated rings. The molecule has 0 saturated heterocycles. The van der Waals surface area contributed by atoms with Gasteiger partial charge in [-0.3, -0.25) is 0 Å². The predicted molar refractivity (Wildman–Crippen MR) is 76.4 cm³/mol. The van der Waals surface area contributed by atoms with Crippen LogP contribution in [0.2, 0.25) is 0 Å². The molecule has 0 bridgehead atoms. The van der Waals surface area contributed by atoms with Crippen molar-refractivity contribution in [2.75, 3.05) is 6.61 Å². The maximum absolute atomic E-state index is 13.1. The Kier molecular flexibility index (Phi) is 5.02. The average molecular weight is 272 g/mol. The molecule has 0 unspecified atom stereocenters. The monoisotopic (exact) mass is 272 g/mol. The van der Waals surface area contributed by atoms with Crippen molar-refractivity contribution in [1.82, 2.24) is 0 Å². The molecule has 0 radical (unpaired) electrons. The lowest BCUT2D eigenvalue weighted by molar-refractivity contribution is 0.350. The molecule has 0 atom stereocenters. The van der Waals surface area contributed by atoms with Gasteiger partial charge in [-0.05, 0) is 29.8 Å². The topological polar surface area (TPSA) is 20.2 Å². The van der Waals surface area contributed by atoms with E-state index < -0.39 is 0 Å². The fourth-order valence-corrected chi connectivity index (χ4v) is 2.57. The molecule has 2 aromatic rings. The summed E-state index contributed by atoms with van der Waals surface area (Å²) < 4.78 is 13.1. The van der Waals surface area contributed by atoms with Gasteiger partial charge in [0, 0.05) is 16.2 Å². The maximum Gasteiger partial charge on any atom is 0.124 e. The first-order chi connectivity index (χ1) is 9.29. The third kappa shape index (κ3) is 4.13. The van der Waals surface area contributed by atoms with Gasteiger partial charge < -0.3 is 5.11 Å². The van der Waals surface area contributed by atoms with E-state index in [4.69, 9.17) is 5.11 Å². The van der Waals surface area contributed by atoms with Gasteiger partial charge in [0.1, 0.15) is 12.4 Å². The lowest BCUT2D eigenvalue weighted by Gasteiger charge is -2.04. The van der Waals surface area contributed by atoms with Crippen LogP contribution in [0, 0.1) is 17.7 Å². The zero-order valence-corrected chi connectivity index (χ0v) is 11.1. The van der Waals surface area contributed by atoms with Crippen molar-refractivity contribution in [1.29, 1.82) is 0 Å². The molecule has 1 nitrogen and oxygen atoms in total. The van der Waals surface area contributed by atoms with Crippen molar-refractivity contribution in [2.45, 2.75) is 10.6 Å². The van der Waals surface area contributed by atoms with E-state index in [1.807, 2.05) is 30.3 Å². The summed E-state index contributed by atoms with van der Waals surface area (Å²) in [5.74, 6) is 6.07. The third-order valence-electron chi connectivity index (χ3n) is 2.51. The minimum absolute atomic E-state index is 0.147. The number of rotatable bonds is 3. The van der Waals surface area contributed by atoms with Crippen LogP contribution in [0.15, 0.2) is 53.4 Å². The van der Waals surface area contributed by atoms with Gasteiger partial charge in [-0.2, -0.15) is 0 Å². The molecule has 2 aromatic carbocycles. The van der Waals surface area contributed by atoms with Crippen LogP contribution in [0.1, 0.15) is 11.1 Å². The van der Waals surface area contributed by atoms with E-state index in [0.717, 1.165) is 21.8 Å². The van der Waals surface area contributed by atoms with Gasteiger partial charge in [0.25, 0.3) is 0 Å². The van der Waals surface area contributed by atoms with E-state index in [-0.39, 0.29) is 12.4 Å². The quantitative estimate of drug-likeness (QED) is 0.682. The second-order valence-corrected chi connectivity index (χ2v) is 4.91. The molecule has 0 aromatic heterocycles. The SMILES string of the molecule is OCC#Cc1ccccc1CSc1cccc(F)c1. The van der Waals surface area contributed by atoms with Crippen molar-refractivity contribution in [2.24, 2.45) is 0 Å². The second kappa shape index (κ2) is 6.98. The lowest BCUT2D eigenvalue weighted by atomic mass is 10.1. The van der Waals surface area contributed by atoms with Gasteiger partial charge >= 0.3 is 0 Å². The fourth-order valence-electron chi connectivity index (χ4n) is 1.62. The Morgan fingerprint density at radius 3 is 2.74 bits per heavy atom. The summed E-state index contributed by atoms with van der Waals surface area (Å²) in [6, 6.07) is 14.3. The normalized spacial score (nSPS) is 9.79. The zero-order chi connectivity index (χ0) is 13.5. The van der Waals surface area contributed by atoms with E-state index in [9.17, 15) is 4.39 Å². The Morgan fingerprint density at radius 2 is 1.95 bits per heavy atom. The Balaban J connectivity index is 2.11. The highest BCUT2D eigenvalue weighted by atomic mass is 32.2. The van der Waals surface area contributed by atoms with Gasteiger partial charge in [-0.15, -0.1) is 11.8 Å². The van der Waals surface area contributed by atoms with Crippen LogP contribution < -0.4 is 0 Å². The van der Waals surface area contributed by atoms with Crippen LogP contribution in [-0.2, 0) is 5.75 Å². The van der Waals surface area contributed by atoms with E-state index >= 15 is 0 Å². The number of aliphatic hydroxyl groups excluding tert-OH is 1. The van der Waals surface area contributed by atoms with Crippen LogP contribution in [0.25, 0.3) is 0 Å². The van der Waals surface area contributed by atoms with E-state index in [1.54, 1.807) is 17.8 Å². The number of hydrogen-bond acceptors (Lipinski definition) is 2. The molecule has 0 aliphatic heterocycles. The highest BCUT2D eigenvalue weighted by Gasteiger charge is 2.01. The molecule has 0 aliphatic rings. The molecule has 0 saturated carbocycles. The molecule has 0 spiro atoms. The molecule has 19 heavy (non-hydrogen) atoms. The highest BCUT2D eigenvalue weighted by molar-refractivity contribution is 7.98. The minimum Gasteiger partial charge on any atom is -0.384 e. The van der Waals surface area contributed by atoms with Crippen molar-refractivity contribution in [3.05, 3.63) is 65.5 Å². The number of halogens is 1. The first-order valence-corrected chi connectivity index (χ1v) is 6.84. The van der Waals surface area contributed by atoms with Crippen LogP contribution in [0.4, 0.5) is 4.39 Å². The minimum atomic E-state index is -0.224. The molecule has 0 heterocycles. The second-order valence-electron chi connectivity index (χ2n) is 3.86. The first-order valence-electron chi connectivity index (χ1n) is 5.85. The van der Waals surface area contributed by atoms with Gasteiger partial charge in [0.15, 0.2) is 0 Å². The summed E-state index contributed by atoms with van der Waals surface area (Å²) in [6.45, 7) is -0.147. The largest absolute Gasteiger partial charge is 0.384 e. The molecule has 0 aliphatic carbocycles. The average Bonchev–Trinajstić information content (AvgIpc) is 2.44. The van der Waals surface area contributed by atoms with Crippen LogP contribution in [-0.4, -0.2) is 11.7 Å². The summed E-state index contributed by atoms with van der Waals surface area (Å²) in [4.78, 5) is 0.893. The Morgan fingerprint density at radius 1 is 1.11 bits per heavy atom. The molecule has 1 N–H and O–H groups in total. The summed E-state index contributed by atoms with van der Waals surface area (Å²) >= 11 is 1.57. The van der Waals surface area contributed by atoms with E-state index in [1.165, 1.54) is 12.1 Å². The summed E-state index contributed by atoms with van der Waals surface area (Å²) in [5, 5.41) is 8.74. The summed E-state index contributed by atoms with van der Waals surface area (Å²) in [6.07, 6.45) is 0. The van der Waals surface area contributed by atoms with Crippen molar-refractivity contribution in [3.8, 4) is 11.8 Å². The number of thioether (sulfide) groups is 1. The third-order valence-corrected chi connectivity index (χ3v) is 3.55. The van der Waals surface area contributed by atoms with Crippen molar-refractivity contribution in [3.63, 3.8) is 0 Å². The molecular weight excluding hydrogens is 259 g/mol. The number of benzene rings is 2. The summed E-state index contributed by atoms with van der Waals surface area (Å²) in [7, 11) is 0. The van der Waals surface area contributed by atoms with Crippen LogP contribution in [0.5, 0.6) is 0 Å². The van der Waals surface area contributed by atoms with Gasteiger partial charge in [-0.1, -0.05) is 36.1 Å². The predicted octanol–water partition coefficient (Wildman–Crippen LogP) is 3.46. The van der Waals surface area contributed by atoms with Crippen LogP contribution >= 0.6 is 11.8 Å². The van der Waals surface area contributed by atoms with Crippen molar-refractivity contribution >= 4 is 11.8 Å². The molecule has 2 rings (SSSR count). The Bertz CT molecular complexity index is 613. The fraction of sp³-hybridized carbons (Fsp3) is 0.125. The highest BCUT2D eigenvalue weighted by Crippen LogP contribution is 2.24. The van der Waals surface area contributed by atoms with Gasteiger partial charge in [-0.25, -0.2) is 4.39 Å². The lowest BCUT2D eigenvalue weighted by Crippen LogP contribution is -1.88. The Labute approximate surface area is 116 Å². The van der Waals surface area contributed by atoms with Gasteiger partial charge in [0.05, 0.1) is 0 Å². The maximum atomic E-state index is 13.1. The first kappa shape index (κ1) is 13.7. The number of hydrogen-bond donors (Lipinski definition) is 1. The molecular formula is C16H13FOS. The van der Waals surface area contributed by atoms with E-state index in [0.29, 0.717) is 0 Å². The number of aliphatic hydroxyl groups is 1. The van der Waals surface area contributed by atoms with Gasteiger partial charge in [0.2, 0.25) is 0 Å².